The average Bonchev–Trinajstić information content (AvgIpc) is 2.59. The maximum atomic E-state index is 6.16. The highest BCUT2D eigenvalue weighted by Crippen LogP contribution is 2.22. The van der Waals surface area contributed by atoms with Gasteiger partial charge in [0.05, 0.1) is 20.6 Å². The van der Waals surface area contributed by atoms with E-state index in [0.717, 1.165) is 29.2 Å². The van der Waals surface area contributed by atoms with Crippen LogP contribution in [0.2, 0.25) is 5.02 Å². The number of thiocarbonyl (C=S) groups is 1. The van der Waals surface area contributed by atoms with Gasteiger partial charge >= 0.3 is 0 Å². The summed E-state index contributed by atoms with van der Waals surface area (Å²) in [5, 5.41) is 7.93. The van der Waals surface area contributed by atoms with Crippen LogP contribution in [0.25, 0.3) is 0 Å². The zero-order chi connectivity index (χ0) is 18.4. The Bertz CT molecular complexity index is 713. The van der Waals surface area contributed by atoms with Crippen LogP contribution in [0, 0.1) is 6.92 Å². The van der Waals surface area contributed by atoms with E-state index in [1.807, 2.05) is 25.1 Å². The molecule has 0 amide bonds. The summed E-state index contributed by atoms with van der Waals surface area (Å²) >= 11 is 11.6. The van der Waals surface area contributed by atoms with Gasteiger partial charge in [-0.3, -0.25) is 0 Å². The fraction of sp³-hybridized carbons (Fsp3) is 0.350. The summed E-state index contributed by atoms with van der Waals surface area (Å²) in [4.78, 5) is 1.36. The van der Waals surface area contributed by atoms with Gasteiger partial charge in [0.2, 0.25) is 0 Å². The lowest BCUT2D eigenvalue weighted by Gasteiger charge is -2.23. The van der Waals surface area contributed by atoms with E-state index in [9.17, 15) is 0 Å². The molecule has 0 fully saturated rings. The van der Waals surface area contributed by atoms with E-state index in [0.29, 0.717) is 11.2 Å². The molecule has 0 aliphatic rings. The Balaban J connectivity index is 2.00. The van der Waals surface area contributed by atoms with Crippen molar-refractivity contribution in [2.75, 3.05) is 26.0 Å². The first-order valence-corrected chi connectivity index (χ1v) is 9.39. The molecule has 2 rings (SSSR count). The van der Waals surface area contributed by atoms with E-state index >= 15 is 0 Å². The number of quaternary nitrogens is 1. The van der Waals surface area contributed by atoms with Crippen LogP contribution >= 0.6 is 23.8 Å². The Hall–Kier alpha value is -1.62. The third-order valence-corrected chi connectivity index (χ3v) is 5.13. The van der Waals surface area contributed by atoms with E-state index in [1.54, 1.807) is 0 Å². The molecule has 1 atom stereocenters. The molecule has 2 aromatic rings. The molecule has 0 aromatic heterocycles. The van der Waals surface area contributed by atoms with Gasteiger partial charge < -0.3 is 15.5 Å². The summed E-state index contributed by atoms with van der Waals surface area (Å²) in [6, 6.07) is 14.9. The zero-order valence-corrected chi connectivity index (χ0v) is 16.9. The van der Waals surface area contributed by atoms with Crippen LogP contribution in [0.15, 0.2) is 42.5 Å². The molecule has 3 N–H and O–H groups in total. The second kappa shape index (κ2) is 9.18. The predicted molar refractivity (Wildman–Crippen MR) is 112 cm³/mol. The standard InChI is InChI=1S/C20H26ClN3S/c1-5-15-9-11-16(12-10-15)19(24(3)4)13-22-20(25)23-18-8-6-7-17(21)14(18)2/h6-12,19H,5,13H2,1-4H3,(H2,22,23,25)/p+1/t19-/m1/s1. The van der Waals surface area contributed by atoms with E-state index < -0.39 is 0 Å². The number of halogens is 1. The van der Waals surface area contributed by atoms with Crippen molar-refractivity contribution in [3.05, 3.63) is 64.2 Å². The fourth-order valence-electron chi connectivity index (χ4n) is 2.75. The van der Waals surface area contributed by atoms with Gasteiger partial charge in [0.15, 0.2) is 5.11 Å². The van der Waals surface area contributed by atoms with Gasteiger partial charge in [0, 0.05) is 16.3 Å². The molecule has 0 spiro atoms. The van der Waals surface area contributed by atoms with Gasteiger partial charge in [-0.2, -0.15) is 0 Å². The Morgan fingerprint density at radius 3 is 2.44 bits per heavy atom. The molecule has 0 saturated heterocycles. The molecule has 2 aromatic carbocycles. The molecule has 3 nitrogen and oxygen atoms in total. The fourth-order valence-corrected chi connectivity index (χ4v) is 3.11. The second-order valence-corrected chi connectivity index (χ2v) is 7.29. The number of hydrogen-bond donors (Lipinski definition) is 3. The molecule has 25 heavy (non-hydrogen) atoms. The normalized spacial score (nSPS) is 12.1. The largest absolute Gasteiger partial charge is 0.356 e. The molecule has 5 heteroatoms. The summed E-state index contributed by atoms with van der Waals surface area (Å²) in [6.07, 6.45) is 1.06. The highest BCUT2D eigenvalue weighted by molar-refractivity contribution is 7.80. The average molecular weight is 377 g/mol. The minimum Gasteiger partial charge on any atom is -0.356 e. The van der Waals surface area contributed by atoms with Crippen LogP contribution in [-0.2, 0) is 6.42 Å². The summed E-state index contributed by atoms with van der Waals surface area (Å²) in [7, 11) is 4.33. The van der Waals surface area contributed by atoms with Crippen molar-refractivity contribution in [1.29, 1.82) is 0 Å². The third-order valence-electron chi connectivity index (χ3n) is 4.47. The minimum absolute atomic E-state index is 0.325. The van der Waals surface area contributed by atoms with Gasteiger partial charge in [-0.15, -0.1) is 0 Å². The van der Waals surface area contributed by atoms with Crippen molar-refractivity contribution < 1.29 is 4.90 Å². The van der Waals surface area contributed by atoms with E-state index in [-0.39, 0.29) is 0 Å². The Labute approximate surface area is 161 Å². The van der Waals surface area contributed by atoms with Gasteiger partial charge in [0.25, 0.3) is 0 Å². The van der Waals surface area contributed by atoms with Gasteiger partial charge in [-0.25, -0.2) is 0 Å². The lowest BCUT2D eigenvalue weighted by molar-refractivity contribution is -0.890. The Morgan fingerprint density at radius 1 is 1.16 bits per heavy atom. The summed E-state index contributed by atoms with van der Waals surface area (Å²) in [5.74, 6) is 0. The summed E-state index contributed by atoms with van der Waals surface area (Å²) < 4.78 is 0. The van der Waals surface area contributed by atoms with Gasteiger partial charge in [-0.1, -0.05) is 48.9 Å². The van der Waals surface area contributed by atoms with Gasteiger partial charge in [-0.05, 0) is 48.8 Å². The van der Waals surface area contributed by atoms with E-state index in [1.165, 1.54) is 16.0 Å². The predicted octanol–water partition coefficient (Wildman–Crippen LogP) is 3.38. The van der Waals surface area contributed by atoms with Gasteiger partial charge in [0.1, 0.15) is 6.04 Å². The lowest BCUT2D eigenvalue weighted by atomic mass is 10.0. The van der Waals surface area contributed by atoms with Crippen LogP contribution in [0.5, 0.6) is 0 Å². The van der Waals surface area contributed by atoms with Crippen LogP contribution < -0.4 is 15.5 Å². The topological polar surface area (TPSA) is 28.5 Å². The maximum Gasteiger partial charge on any atom is 0.171 e. The SMILES string of the molecule is CCc1ccc([C@@H](CNC(=S)Nc2cccc(Cl)c2C)[NH+](C)C)cc1. The molecule has 0 saturated carbocycles. The first kappa shape index (κ1) is 19.7. The van der Waals surface area contributed by atoms with Crippen molar-refractivity contribution >= 4 is 34.6 Å². The van der Waals surface area contributed by atoms with Crippen LogP contribution in [0.1, 0.15) is 29.7 Å². The number of anilines is 1. The lowest BCUT2D eigenvalue weighted by Crippen LogP contribution is -3.07. The van der Waals surface area contributed by atoms with Crippen LogP contribution in [0.4, 0.5) is 5.69 Å². The monoisotopic (exact) mass is 376 g/mol. The molecule has 0 radical (unpaired) electrons. The highest BCUT2D eigenvalue weighted by atomic mass is 35.5. The van der Waals surface area contributed by atoms with Crippen molar-refractivity contribution in [2.45, 2.75) is 26.3 Å². The first-order chi connectivity index (χ1) is 11.9. The number of hydrogen-bond acceptors (Lipinski definition) is 1. The molecule has 134 valence electrons. The molecular weight excluding hydrogens is 350 g/mol. The minimum atomic E-state index is 0.325. The second-order valence-electron chi connectivity index (χ2n) is 6.47. The van der Waals surface area contributed by atoms with E-state index in [2.05, 4.69) is 55.9 Å². The number of likely N-dealkylation sites (N-methyl/N-ethyl adjacent to an activating group) is 1. The summed E-state index contributed by atoms with van der Waals surface area (Å²) in [5.41, 5.74) is 4.61. The summed E-state index contributed by atoms with van der Waals surface area (Å²) in [6.45, 7) is 4.92. The van der Waals surface area contributed by atoms with Crippen molar-refractivity contribution in [3.63, 3.8) is 0 Å². The van der Waals surface area contributed by atoms with Crippen molar-refractivity contribution in [1.82, 2.24) is 5.32 Å². The third kappa shape index (κ3) is 5.43. The van der Waals surface area contributed by atoms with Crippen LogP contribution in [-0.4, -0.2) is 25.8 Å². The zero-order valence-electron chi connectivity index (χ0n) is 15.3. The Kier molecular flexibility index (Phi) is 7.24. The molecular formula is C20H27ClN3S+. The number of benzene rings is 2. The van der Waals surface area contributed by atoms with Crippen LogP contribution in [0.3, 0.4) is 0 Å². The highest BCUT2D eigenvalue weighted by Gasteiger charge is 2.18. The quantitative estimate of drug-likeness (QED) is 0.675. The van der Waals surface area contributed by atoms with E-state index in [4.69, 9.17) is 23.8 Å². The molecule has 0 unspecified atom stereocenters. The number of nitrogens with one attached hydrogen (secondary N) is 3. The molecule has 0 heterocycles. The number of rotatable bonds is 6. The smallest absolute Gasteiger partial charge is 0.171 e. The first-order valence-electron chi connectivity index (χ1n) is 8.61. The van der Waals surface area contributed by atoms with Crippen molar-refractivity contribution in [3.8, 4) is 0 Å². The molecule has 0 aliphatic carbocycles. The molecule has 0 bridgehead atoms. The van der Waals surface area contributed by atoms with Crippen molar-refractivity contribution in [2.24, 2.45) is 0 Å². The maximum absolute atomic E-state index is 6.16. The number of aryl methyl sites for hydroxylation is 1. The molecule has 0 aliphatic heterocycles. The Morgan fingerprint density at radius 2 is 1.84 bits per heavy atom.